The van der Waals surface area contributed by atoms with E-state index in [-0.39, 0.29) is 11.1 Å². The van der Waals surface area contributed by atoms with E-state index < -0.39 is 10.0 Å². The predicted octanol–water partition coefficient (Wildman–Crippen LogP) is 1.07. The van der Waals surface area contributed by atoms with Crippen LogP contribution in [-0.2, 0) is 23.0 Å². The van der Waals surface area contributed by atoms with E-state index in [9.17, 15) is 8.42 Å². The highest BCUT2D eigenvalue weighted by atomic mass is 32.2. The molecule has 6 nitrogen and oxygen atoms in total. The lowest BCUT2D eigenvalue weighted by molar-refractivity contribution is 0.491. The van der Waals surface area contributed by atoms with Crippen molar-refractivity contribution < 1.29 is 8.42 Å². The molecule has 0 amide bonds. The van der Waals surface area contributed by atoms with E-state index in [0.717, 1.165) is 18.5 Å². The van der Waals surface area contributed by atoms with Crippen molar-refractivity contribution in [3.05, 3.63) is 47.9 Å². The topological polar surface area (TPSA) is 76.0 Å². The molecule has 1 aliphatic rings. The molecule has 0 saturated carbocycles. The molecular weight excluding hydrogens is 300 g/mol. The monoisotopic (exact) mass is 320 g/mol. The van der Waals surface area contributed by atoms with Gasteiger partial charge in [-0.15, -0.1) is 0 Å². The fraction of sp³-hybridized carbons (Fsp3) is 0.400. The molecule has 2 aromatic rings. The Kier molecular flexibility index (Phi) is 4.28. The number of rotatable bonds is 5. The molecule has 0 spiro atoms. The summed E-state index contributed by atoms with van der Waals surface area (Å²) in [5, 5.41) is 3.43. The highest BCUT2D eigenvalue weighted by Crippen LogP contribution is 2.22. The first kappa shape index (κ1) is 15.2. The Labute approximate surface area is 130 Å². The molecule has 0 fully saturated rings. The Morgan fingerprint density at radius 3 is 3.00 bits per heavy atom. The van der Waals surface area contributed by atoms with Gasteiger partial charge in [0.05, 0.1) is 6.33 Å². The quantitative estimate of drug-likeness (QED) is 0.864. The number of benzene rings is 1. The van der Waals surface area contributed by atoms with Gasteiger partial charge >= 0.3 is 0 Å². The average molecular weight is 320 g/mol. The van der Waals surface area contributed by atoms with E-state index in [2.05, 4.69) is 21.1 Å². The zero-order valence-corrected chi connectivity index (χ0v) is 13.3. The number of hydrogen-bond acceptors (Lipinski definition) is 4. The lowest BCUT2D eigenvalue weighted by Gasteiger charge is -2.26. The Morgan fingerprint density at radius 1 is 1.41 bits per heavy atom. The van der Waals surface area contributed by atoms with Gasteiger partial charge in [-0.05, 0) is 31.0 Å². The van der Waals surface area contributed by atoms with Crippen LogP contribution >= 0.6 is 0 Å². The maximum atomic E-state index is 12.3. The Bertz CT molecular complexity index is 754. The highest BCUT2D eigenvalue weighted by molar-refractivity contribution is 7.89. The van der Waals surface area contributed by atoms with E-state index in [1.165, 1.54) is 11.9 Å². The second-order valence-electron chi connectivity index (χ2n) is 5.35. The number of aromatic nitrogens is 2. The van der Waals surface area contributed by atoms with Gasteiger partial charge in [-0.1, -0.05) is 24.3 Å². The SMILES string of the molecule is CCn1cnc(S(=O)(=O)NCC2NCCc3ccccc32)c1. The molecule has 1 atom stereocenters. The summed E-state index contributed by atoms with van der Waals surface area (Å²) in [4.78, 5) is 3.96. The summed E-state index contributed by atoms with van der Waals surface area (Å²) in [6.07, 6.45) is 4.05. The number of nitrogens with zero attached hydrogens (tertiary/aromatic N) is 2. The summed E-state index contributed by atoms with van der Waals surface area (Å²) in [5.41, 5.74) is 2.44. The van der Waals surface area contributed by atoms with Crippen LogP contribution in [-0.4, -0.2) is 31.1 Å². The average Bonchev–Trinajstić information content (AvgIpc) is 3.03. The van der Waals surface area contributed by atoms with Crippen molar-refractivity contribution >= 4 is 10.0 Å². The number of fused-ring (bicyclic) bond motifs is 1. The van der Waals surface area contributed by atoms with Crippen molar-refractivity contribution in [2.24, 2.45) is 0 Å². The minimum atomic E-state index is -3.57. The van der Waals surface area contributed by atoms with Gasteiger partial charge in [0.2, 0.25) is 0 Å². The van der Waals surface area contributed by atoms with Gasteiger partial charge in [0.1, 0.15) is 0 Å². The lowest BCUT2D eigenvalue weighted by atomic mass is 9.95. The minimum absolute atomic E-state index is 0.00649. The van der Waals surface area contributed by atoms with Crippen molar-refractivity contribution in [1.82, 2.24) is 19.6 Å². The van der Waals surface area contributed by atoms with Gasteiger partial charge < -0.3 is 9.88 Å². The minimum Gasteiger partial charge on any atom is -0.336 e. The number of hydrogen-bond donors (Lipinski definition) is 2. The fourth-order valence-electron chi connectivity index (χ4n) is 2.69. The van der Waals surface area contributed by atoms with Crippen molar-refractivity contribution in [1.29, 1.82) is 0 Å². The molecule has 1 aliphatic heterocycles. The molecule has 0 bridgehead atoms. The number of nitrogens with one attached hydrogen (secondary N) is 2. The molecule has 2 heterocycles. The molecule has 0 saturated heterocycles. The first-order chi connectivity index (χ1) is 10.6. The number of aryl methyl sites for hydroxylation is 1. The molecule has 2 N–H and O–H groups in total. The molecule has 0 radical (unpaired) electrons. The summed E-state index contributed by atoms with van der Waals surface area (Å²) < 4.78 is 29.0. The normalized spacial score (nSPS) is 18.1. The summed E-state index contributed by atoms with van der Waals surface area (Å²) in [6.45, 7) is 3.81. The first-order valence-corrected chi connectivity index (χ1v) is 8.91. The smallest absolute Gasteiger partial charge is 0.259 e. The third kappa shape index (κ3) is 3.06. The Balaban J connectivity index is 1.73. The van der Waals surface area contributed by atoms with Gasteiger partial charge in [-0.2, -0.15) is 0 Å². The summed E-state index contributed by atoms with van der Waals surface area (Å²) >= 11 is 0. The zero-order valence-electron chi connectivity index (χ0n) is 12.5. The first-order valence-electron chi connectivity index (χ1n) is 7.43. The van der Waals surface area contributed by atoms with Gasteiger partial charge in [0, 0.05) is 25.3 Å². The van der Waals surface area contributed by atoms with Crippen LogP contribution in [0.5, 0.6) is 0 Å². The molecule has 1 unspecified atom stereocenters. The molecule has 3 rings (SSSR count). The van der Waals surface area contributed by atoms with E-state index in [1.54, 1.807) is 10.8 Å². The third-order valence-electron chi connectivity index (χ3n) is 3.94. The molecule has 1 aromatic heterocycles. The standard InChI is InChI=1S/C15H20N4O2S/c1-2-19-10-15(17-11-19)22(20,21)18-9-14-13-6-4-3-5-12(13)7-8-16-14/h3-6,10-11,14,16,18H,2,7-9H2,1H3. The summed E-state index contributed by atoms with van der Waals surface area (Å²) in [7, 11) is -3.57. The fourth-order valence-corrected chi connectivity index (χ4v) is 3.69. The van der Waals surface area contributed by atoms with E-state index in [1.807, 2.05) is 25.1 Å². The third-order valence-corrected chi connectivity index (χ3v) is 5.25. The zero-order chi connectivity index (χ0) is 15.6. The molecule has 1 aromatic carbocycles. The Morgan fingerprint density at radius 2 is 2.23 bits per heavy atom. The van der Waals surface area contributed by atoms with Gasteiger partial charge in [0.15, 0.2) is 5.03 Å². The van der Waals surface area contributed by atoms with Gasteiger partial charge in [0.25, 0.3) is 10.0 Å². The van der Waals surface area contributed by atoms with Crippen molar-refractivity contribution in [3.63, 3.8) is 0 Å². The molecular formula is C15H20N4O2S. The van der Waals surface area contributed by atoms with E-state index in [4.69, 9.17) is 0 Å². The van der Waals surface area contributed by atoms with Crippen molar-refractivity contribution in [2.75, 3.05) is 13.1 Å². The van der Waals surface area contributed by atoms with Crippen LogP contribution in [0, 0.1) is 0 Å². The summed E-state index contributed by atoms with van der Waals surface area (Å²) in [5.74, 6) is 0. The lowest BCUT2D eigenvalue weighted by Crippen LogP contribution is -2.38. The number of imidazole rings is 1. The molecule has 118 valence electrons. The van der Waals surface area contributed by atoms with Crippen molar-refractivity contribution in [3.8, 4) is 0 Å². The van der Waals surface area contributed by atoms with E-state index >= 15 is 0 Å². The maximum Gasteiger partial charge on any atom is 0.259 e. The largest absolute Gasteiger partial charge is 0.336 e. The van der Waals surface area contributed by atoms with E-state index in [0.29, 0.717) is 13.1 Å². The van der Waals surface area contributed by atoms with Gasteiger partial charge in [-0.3, -0.25) is 0 Å². The van der Waals surface area contributed by atoms with Crippen LogP contribution < -0.4 is 10.0 Å². The Hall–Kier alpha value is -1.70. The second kappa shape index (κ2) is 6.20. The van der Waals surface area contributed by atoms with Crippen LogP contribution in [0.4, 0.5) is 0 Å². The molecule has 7 heteroatoms. The van der Waals surface area contributed by atoms with Crippen LogP contribution in [0.1, 0.15) is 24.1 Å². The number of sulfonamides is 1. The van der Waals surface area contributed by atoms with Gasteiger partial charge in [-0.25, -0.2) is 18.1 Å². The van der Waals surface area contributed by atoms with Crippen LogP contribution in [0.15, 0.2) is 41.8 Å². The van der Waals surface area contributed by atoms with Crippen LogP contribution in [0.3, 0.4) is 0 Å². The van der Waals surface area contributed by atoms with Crippen molar-refractivity contribution in [2.45, 2.75) is 31.0 Å². The molecule has 22 heavy (non-hydrogen) atoms. The maximum absolute atomic E-state index is 12.3. The molecule has 0 aliphatic carbocycles. The summed E-state index contributed by atoms with van der Waals surface area (Å²) in [6, 6.07) is 8.14. The highest BCUT2D eigenvalue weighted by Gasteiger charge is 2.23. The van der Waals surface area contributed by atoms with Crippen LogP contribution in [0.25, 0.3) is 0 Å². The second-order valence-corrected chi connectivity index (χ2v) is 7.06. The predicted molar refractivity (Wildman–Crippen MR) is 84.0 cm³/mol. The van der Waals surface area contributed by atoms with Crippen LogP contribution in [0.2, 0.25) is 0 Å².